The Bertz CT molecular complexity index is 1220. The summed E-state index contributed by atoms with van der Waals surface area (Å²) in [6, 6.07) is 1.28. The van der Waals surface area contributed by atoms with Gasteiger partial charge in [0.2, 0.25) is 11.2 Å². The van der Waals surface area contributed by atoms with E-state index in [2.05, 4.69) is 11.4 Å². The normalized spacial score (nSPS) is 20.6. The molecule has 1 atom stereocenters. The van der Waals surface area contributed by atoms with Crippen LogP contribution in [0.5, 0.6) is 0 Å². The molecule has 0 bridgehead atoms. The number of nitro groups is 1. The molecule has 1 N–H and O–H groups in total. The lowest BCUT2D eigenvalue weighted by Gasteiger charge is -2.23. The molecule has 0 amide bonds. The van der Waals surface area contributed by atoms with Crippen LogP contribution in [0.15, 0.2) is 28.7 Å². The molecule has 2 fully saturated rings. The maximum Gasteiger partial charge on any atom is 0.266 e. The number of rotatable bonds is 5. The number of nitrogens with one attached hydrogen (secondary N) is 1. The van der Waals surface area contributed by atoms with E-state index < -0.39 is 28.5 Å². The smallest absolute Gasteiger partial charge is 0.266 e. The number of hydrogen-bond acceptors (Lipinski definition) is 6. The average molecular weight is 447 g/mol. The Balaban J connectivity index is 1.68. The van der Waals surface area contributed by atoms with Gasteiger partial charge in [-0.15, -0.1) is 0 Å². The highest BCUT2D eigenvalue weighted by atomic mass is 35.5. The molecule has 3 aliphatic rings. The zero-order valence-electron chi connectivity index (χ0n) is 16.6. The summed E-state index contributed by atoms with van der Waals surface area (Å²) in [6.07, 6.45) is 6.10. The van der Waals surface area contributed by atoms with Gasteiger partial charge in [0.1, 0.15) is 5.82 Å². The molecule has 8 nitrogen and oxygen atoms in total. The predicted octanol–water partition coefficient (Wildman–Crippen LogP) is 2.70. The van der Waals surface area contributed by atoms with Crippen LogP contribution in [0.3, 0.4) is 0 Å². The molecule has 5 rings (SSSR count). The van der Waals surface area contributed by atoms with Crippen LogP contribution in [0.25, 0.3) is 10.9 Å². The molecule has 10 heteroatoms. The molecule has 1 saturated heterocycles. The summed E-state index contributed by atoms with van der Waals surface area (Å²) in [5.74, 6) is -1.54. The second kappa shape index (κ2) is 7.42. The van der Waals surface area contributed by atoms with E-state index in [0.29, 0.717) is 18.6 Å². The second-order valence-electron chi connectivity index (χ2n) is 8.30. The predicted molar refractivity (Wildman–Crippen MR) is 114 cm³/mol. The fourth-order valence-electron chi connectivity index (χ4n) is 4.58. The first-order valence-corrected chi connectivity index (χ1v) is 10.6. The van der Waals surface area contributed by atoms with Crippen LogP contribution < -0.4 is 15.6 Å². The zero-order chi connectivity index (χ0) is 21.9. The van der Waals surface area contributed by atoms with Crippen molar-refractivity contribution in [3.8, 4) is 0 Å². The molecule has 1 aromatic heterocycles. The highest BCUT2D eigenvalue weighted by molar-refractivity contribution is 6.38. The van der Waals surface area contributed by atoms with Crippen molar-refractivity contribution in [3.63, 3.8) is 0 Å². The molecule has 2 aromatic rings. The summed E-state index contributed by atoms with van der Waals surface area (Å²) in [5, 5.41) is 14.3. The van der Waals surface area contributed by atoms with Crippen LogP contribution in [0.2, 0.25) is 5.02 Å². The first-order valence-electron chi connectivity index (χ1n) is 10.2. The Morgan fingerprint density at radius 2 is 2.16 bits per heavy atom. The Kier molecular flexibility index (Phi) is 4.82. The molecular weight excluding hydrogens is 427 g/mol. The van der Waals surface area contributed by atoms with Crippen LogP contribution in [0.1, 0.15) is 35.7 Å². The van der Waals surface area contributed by atoms with E-state index in [4.69, 9.17) is 11.6 Å². The van der Waals surface area contributed by atoms with Crippen LogP contribution in [0, 0.1) is 15.9 Å². The van der Waals surface area contributed by atoms with Gasteiger partial charge in [0.15, 0.2) is 0 Å². The number of fused-ring (bicyclic) bond motifs is 2. The van der Waals surface area contributed by atoms with Crippen molar-refractivity contribution in [1.29, 1.82) is 0 Å². The number of benzene rings is 1. The summed E-state index contributed by atoms with van der Waals surface area (Å²) in [5.41, 5.74) is 0.776. The summed E-state index contributed by atoms with van der Waals surface area (Å²) < 4.78 is 17.0. The van der Waals surface area contributed by atoms with Crippen molar-refractivity contribution < 1.29 is 14.1 Å². The van der Waals surface area contributed by atoms with Crippen molar-refractivity contribution in [2.45, 2.75) is 31.3 Å². The maximum atomic E-state index is 15.3. The number of carbonyl (C=O) groups is 1. The van der Waals surface area contributed by atoms with E-state index >= 15 is 4.39 Å². The molecule has 3 heterocycles. The average Bonchev–Trinajstić information content (AvgIpc) is 3.47. The quantitative estimate of drug-likeness (QED) is 0.328. The van der Waals surface area contributed by atoms with Crippen molar-refractivity contribution in [1.82, 2.24) is 9.88 Å². The number of Topliss-reactive ketones (excluding diaryl/α,β-unsaturated/α-hetero) is 1. The molecule has 0 radical (unpaired) electrons. The number of anilines is 1. The van der Waals surface area contributed by atoms with E-state index in [1.807, 2.05) is 4.90 Å². The molecular formula is C21H20ClFN4O4. The van der Waals surface area contributed by atoms with Gasteiger partial charge in [-0.1, -0.05) is 17.7 Å². The van der Waals surface area contributed by atoms with Gasteiger partial charge in [-0.25, -0.2) is 4.39 Å². The monoisotopic (exact) mass is 446 g/mol. The molecule has 1 aromatic carbocycles. The van der Waals surface area contributed by atoms with Gasteiger partial charge in [0, 0.05) is 36.3 Å². The number of halogens is 2. The summed E-state index contributed by atoms with van der Waals surface area (Å²) in [4.78, 5) is 37.1. The van der Waals surface area contributed by atoms with Crippen LogP contribution >= 0.6 is 11.6 Å². The van der Waals surface area contributed by atoms with Gasteiger partial charge in [-0.2, -0.15) is 0 Å². The minimum Gasteiger partial charge on any atom is -0.362 e. The Labute approximate surface area is 181 Å². The SMILES string of the molecule is O=C(C[N+](=O)[O-])c1cn(C2CC2)c2c(Cl)c(N3CC4=CCCNC4C3)c(F)cc2c1=O. The summed E-state index contributed by atoms with van der Waals surface area (Å²) in [6.45, 7) is 1.00. The molecule has 31 heavy (non-hydrogen) atoms. The first-order chi connectivity index (χ1) is 14.8. The molecule has 2 aliphatic heterocycles. The summed E-state index contributed by atoms with van der Waals surface area (Å²) >= 11 is 6.72. The lowest BCUT2D eigenvalue weighted by atomic mass is 10.1. The second-order valence-corrected chi connectivity index (χ2v) is 8.67. The van der Waals surface area contributed by atoms with Gasteiger partial charge in [0.25, 0.3) is 6.54 Å². The fraction of sp³-hybridized carbons (Fsp3) is 0.429. The van der Waals surface area contributed by atoms with Crippen LogP contribution in [0.4, 0.5) is 10.1 Å². The van der Waals surface area contributed by atoms with Gasteiger partial charge < -0.3 is 14.8 Å². The van der Waals surface area contributed by atoms with E-state index in [0.717, 1.165) is 31.9 Å². The van der Waals surface area contributed by atoms with Crippen molar-refractivity contribution in [3.05, 3.63) is 60.7 Å². The van der Waals surface area contributed by atoms with Gasteiger partial charge in [-0.05, 0) is 37.4 Å². The van der Waals surface area contributed by atoms with E-state index in [9.17, 15) is 19.7 Å². The number of hydrogen-bond donors (Lipinski definition) is 1. The molecule has 0 spiro atoms. The fourth-order valence-corrected chi connectivity index (χ4v) is 4.99. The van der Waals surface area contributed by atoms with Crippen molar-refractivity contribution in [2.24, 2.45) is 0 Å². The maximum absolute atomic E-state index is 15.3. The molecule has 1 unspecified atom stereocenters. The van der Waals surface area contributed by atoms with E-state index in [-0.39, 0.29) is 33.7 Å². The van der Waals surface area contributed by atoms with Crippen LogP contribution in [-0.4, -0.2) is 47.5 Å². The van der Waals surface area contributed by atoms with E-state index in [1.165, 1.54) is 11.8 Å². The highest BCUT2D eigenvalue weighted by Crippen LogP contribution is 2.43. The Morgan fingerprint density at radius 1 is 1.39 bits per heavy atom. The van der Waals surface area contributed by atoms with Crippen molar-refractivity contribution in [2.75, 3.05) is 31.1 Å². The van der Waals surface area contributed by atoms with Crippen molar-refractivity contribution >= 4 is 34.0 Å². The molecule has 1 saturated carbocycles. The lowest BCUT2D eigenvalue weighted by molar-refractivity contribution is -0.465. The minimum atomic E-state index is -0.989. The zero-order valence-corrected chi connectivity index (χ0v) is 17.3. The number of pyridine rings is 1. The minimum absolute atomic E-state index is 0.0200. The van der Waals surface area contributed by atoms with E-state index in [1.54, 1.807) is 4.57 Å². The number of aromatic nitrogens is 1. The third-order valence-electron chi connectivity index (χ3n) is 6.18. The molecule has 1 aliphatic carbocycles. The Hall–Kier alpha value is -2.78. The third-order valence-corrected chi connectivity index (χ3v) is 6.54. The standard InChI is InChI=1S/C21H20ClFN4O4/c22-18-19-13(6-15(23)20(18)25-7-11-2-1-5-24-16(11)9-25)21(29)14(17(28)10-27(30)31)8-26(19)12-3-4-12/h2,6,8,12,16,24H,1,3-5,7,9-10H2. The first kappa shape index (κ1) is 20.1. The van der Waals surface area contributed by atoms with Gasteiger partial charge in [-0.3, -0.25) is 19.7 Å². The van der Waals surface area contributed by atoms with Crippen LogP contribution in [-0.2, 0) is 0 Å². The van der Waals surface area contributed by atoms with Gasteiger partial charge >= 0.3 is 0 Å². The highest BCUT2D eigenvalue weighted by Gasteiger charge is 2.34. The number of nitrogens with zero attached hydrogens (tertiary/aromatic N) is 3. The number of carbonyl (C=O) groups excluding carboxylic acids is 1. The number of ketones is 1. The largest absolute Gasteiger partial charge is 0.362 e. The summed E-state index contributed by atoms with van der Waals surface area (Å²) in [7, 11) is 0. The lowest BCUT2D eigenvalue weighted by Crippen LogP contribution is -2.36. The molecule has 162 valence electrons. The Morgan fingerprint density at radius 3 is 2.84 bits per heavy atom. The third kappa shape index (κ3) is 3.41. The topological polar surface area (TPSA) is 97.5 Å². The van der Waals surface area contributed by atoms with Gasteiger partial charge in [0.05, 0.1) is 27.2 Å².